The van der Waals surface area contributed by atoms with Gasteiger partial charge >= 0.3 is 5.97 Å². The Balaban J connectivity index is 2.28. The van der Waals surface area contributed by atoms with Gasteiger partial charge in [0.1, 0.15) is 0 Å². The van der Waals surface area contributed by atoms with E-state index in [4.69, 9.17) is 5.11 Å². The largest absolute Gasteiger partial charge is 0.481 e. The minimum atomic E-state index is -0.821. The van der Waals surface area contributed by atoms with Gasteiger partial charge in [0.25, 0.3) is 0 Å². The molecule has 2 atom stereocenters. The molecule has 5 nitrogen and oxygen atoms in total. The number of carbonyl (C=O) groups excluding carboxylic acids is 1. The van der Waals surface area contributed by atoms with E-state index in [-0.39, 0.29) is 24.4 Å². The number of carboxylic acids is 1. The van der Waals surface area contributed by atoms with Crippen LogP contribution in [-0.2, 0) is 9.59 Å². The number of carbonyl (C=O) groups is 2. The third kappa shape index (κ3) is 5.68. The van der Waals surface area contributed by atoms with E-state index in [1.54, 1.807) is 0 Å². The van der Waals surface area contributed by atoms with Gasteiger partial charge in [-0.25, -0.2) is 0 Å². The summed E-state index contributed by atoms with van der Waals surface area (Å²) in [6, 6.07) is -0.187. The van der Waals surface area contributed by atoms with E-state index in [0.29, 0.717) is 6.42 Å². The quantitative estimate of drug-likeness (QED) is 0.669. The van der Waals surface area contributed by atoms with Gasteiger partial charge in [-0.05, 0) is 32.7 Å². The molecule has 1 heterocycles. The Hall–Kier alpha value is -1.10. The zero-order valence-corrected chi connectivity index (χ0v) is 10.4. The molecule has 1 fully saturated rings. The van der Waals surface area contributed by atoms with Gasteiger partial charge in [0.05, 0.1) is 6.04 Å². The Bertz CT molecular complexity index is 260. The second kappa shape index (κ2) is 7.27. The Morgan fingerprint density at radius 1 is 1.41 bits per heavy atom. The van der Waals surface area contributed by atoms with Gasteiger partial charge in [0, 0.05) is 12.5 Å². The molecule has 3 N–H and O–H groups in total. The lowest BCUT2D eigenvalue weighted by Crippen LogP contribution is -2.46. The minimum Gasteiger partial charge on any atom is -0.481 e. The van der Waals surface area contributed by atoms with Crippen LogP contribution in [0.5, 0.6) is 0 Å². The zero-order valence-electron chi connectivity index (χ0n) is 10.4. The summed E-state index contributed by atoms with van der Waals surface area (Å²) in [6.45, 7) is 2.74. The molecule has 0 spiro atoms. The average molecular weight is 242 g/mol. The first-order chi connectivity index (χ1) is 8.09. The molecule has 1 aliphatic heterocycles. The highest BCUT2D eigenvalue weighted by molar-refractivity contribution is 5.82. The number of aliphatic carboxylic acids is 1. The molecule has 0 aliphatic carbocycles. The lowest BCUT2D eigenvalue weighted by Gasteiger charge is -2.19. The van der Waals surface area contributed by atoms with Crippen molar-refractivity contribution in [2.75, 3.05) is 6.54 Å². The highest BCUT2D eigenvalue weighted by Gasteiger charge is 2.20. The Morgan fingerprint density at radius 3 is 2.88 bits per heavy atom. The number of nitrogens with one attached hydrogen (secondary N) is 2. The fourth-order valence-electron chi connectivity index (χ4n) is 2.01. The van der Waals surface area contributed by atoms with Crippen LogP contribution in [0.3, 0.4) is 0 Å². The first-order valence-electron chi connectivity index (χ1n) is 6.35. The zero-order chi connectivity index (χ0) is 12.7. The maximum Gasteiger partial charge on any atom is 0.303 e. The van der Waals surface area contributed by atoms with Crippen LogP contribution in [-0.4, -0.2) is 35.6 Å². The van der Waals surface area contributed by atoms with E-state index < -0.39 is 5.97 Å². The summed E-state index contributed by atoms with van der Waals surface area (Å²) < 4.78 is 0. The van der Waals surface area contributed by atoms with Gasteiger partial charge < -0.3 is 15.7 Å². The third-order valence-corrected chi connectivity index (χ3v) is 3.06. The van der Waals surface area contributed by atoms with E-state index in [0.717, 1.165) is 25.8 Å². The first kappa shape index (κ1) is 14.0. The smallest absolute Gasteiger partial charge is 0.303 e. The summed E-state index contributed by atoms with van der Waals surface area (Å²) >= 11 is 0. The molecular formula is C12H22N2O3. The van der Waals surface area contributed by atoms with Gasteiger partial charge in [0.2, 0.25) is 5.91 Å². The van der Waals surface area contributed by atoms with Crippen LogP contribution < -0.4 is 10.6 Å². The van der Waals surface area contributed by atoms with E-state index in [1.807, 2.05) is 6.92 Å². The summed E-state index contributed by atoms with van der Waals surface area (Å²) in [7, 11) is 0. The summed E-state index contributed by atoms with van der Waals surface area (Å²) in [5.74, 6) is -0.816. The summed E-state index contributed by atoms with van der Waals surface area (Å²) in [6.07, 6.45) is 4.82. The van der Waals surface area contributed by atoms with Crippen molar-refractivity contribution in [2.45, 2.75) is 57.5 Å². The number of carboxylic acid groups (broad SMARTS) is 1. The van der Waals surface area contributed by atoms with Crippen LogP contribution in [0.15, 0.2) is 0 Å². The lowest BCUT2D eigenvalue weighted by molar-refractivity contribution is -0.137. The Kier molecular flexibility index (Phi) is 5.97. The van der Waals surface area contributed by atoms with E-state index in [1.165, 1.54) is 6.42 Å². The number of hydrogen-bond donors (Lipinski definition) is 3. The van der Waals surface area contributed by atoms with Gasteiger partial charge in [-0.15, -0.1) is 0 Å². The highest BCUT2D eigenvalue weighted by atomic mass is 16.4. The molecule has 17 heavy (non-hydrogen) atoms. The molecule has 98 valence electrons. The summed E-state index contributed by atoms with van der Waals surface area (Å²) in [5.41, 5.74) is 0. The molecule has 1 aliphatic rings. The van der Waals surface area contributed by atoms with Crippen molar-refractivity contribution in [1.82, 2.24) is 10.6 Å². The van der Waals surface area contributed by atoms with Crippen molar-refractivity contribution in [3.05, 3.63) is 0 Å². The molecule has 1 rings (SSSR count). The second-order valence-corrected chi connectivity index (χ2v) is 4.70. The summed E-state index contributed by atoms with van der Waals surface area (Å²) in [4.78, 5) is 22.3. The van der Waals surface area contributed by atoms with Crippen molar-refractivity contribution in [2.24, 2.45) is 0 Å². The monoisotopic (exact) mass is 242 g/mol. The normalized spacial score (nSPS) is 22.5. The average Bonchev–Trinajstić information content (AvgIpc) is 2.54. The molecule has 2 unspecified atom stereocenters. The topological polar surface area (TPSA) is 78.4 Å². The number of hydrogen-bond acceptors (Lipinski definition) is 3. The molecule has 0 bridgehead atoms. The van der Waals surface area contributed by atoms with Gasteiger partial charge in [-0.2, -0.15) is 0 Å². The molecular weight excluding hydrogens is 220 g/mol. The van der Waals surface area contributed by atoms with Crippen molar-refractivity contribution in [3.63, 3.8) is 0 Å². The predicted molar refractivity (Wildman–Crippen MR) is 64.7 cm³/mol. The van der Waals surface area contributed by atoms with Gasteiger partial charge in [0.15, 0.2) is 0 Å². The van der Waals surface area contributed by atoms with E-state index in [9.17, 15) is 9.59 Å². The fourth-order valence-corrected chi connectivity index (χ4v) is 2.01. The standard InChI is InChI=1S/C12H22N2O3/c1-9(6-7-11(15)16)14-12(17)10-5-3-2-4-8-13-10/h9-10,13H,2-8H2,1H3,(H,14,17)(H,15,16). The molecule has 0 aromatic rings. The van der Waals surface area contributed by atoms with E-state index >= 15 is 0 Å². The van der Waals surface area contributed by atoms with Crippen LogP contribution in [0.2, 0.25) is 0 Å². The van der Waals surface area contributed by atoms with Crippen LogP contribution in [0.1, 0.15) is 45.4 Å². The Labute approximate surface area is 102 Å². The SMILES string of the molecule is CC(CCC(=O)O)NC(=O)C1CCCCCN1. The van der Waals surface area contributed by atoms with Crippen LogP contribution >= 0.6 is 0 Å². The third-order valence-electron chi connectivity index (χ3n) is 3.06. The maximum atomic E-state index is 11.9. The van der Waals surface area contributed by atoms with Crippen LogP contribution in [0.4, 0.5) is 0 Å². The number of amides is 1. The first-order valence-corrected chi connectivity index (χ1v) is 6.35. The molecule has 0 aromatic carbocycles. The second-order valence-electron chi connectivity index (χ2n) is 4.70. The maximum absolute atomic E-state index is 11.9. The molecule has 0 saturated carbocycles. The lowest BCUT2D eigenvalue weighted by atomic mass is 10.1. The van der Waals surface area contributed by atoms with Crippen molar-refractivity contribution in [3.8, 4) is 0 Å². The van der Waals surface area contributed by atoms with Crippen LogP contribution in [0, 0.1) is 0 Å². The van der Waals surface area contributed by atoms with Crippen molar-refractivity contribution >= 4 is 11.9 Å². The molecule has 5 heteroatoms. The molecule has 0 aromatic heterocycles. The van der Waals surface area contributed by atoms with Crippen LogP contribution in [0.25, 0.3) is 0 Å². The predicted octanol–water partition coefficient (Wildman–Crippen LogP) is 0.888. The fraction of sp³-hybridized carbons (Fsp3) is 0.833. The molecule has 0 radical (unpaired) electrons. The summed E-state index contributed by atoms with van der Waals surface area (Å²) in [5, 5.41) is 14.6. The van der Waals surface area contributed by atoms with Crippen molar-refractivity contribution < 1.29 is 14.7 Å². The van der Waals surface area contributed by atoms with E-state index in [2.05, 4.69) is 10.6 Å². The molecule has 1 amide bonds. The van der Waals surface area contributed by atoms with Crippen molar-refractivity contribution in [1.29, 1.82) is 0 Å². The highest BCUT2D eigenvalue weighted by Crippen LogP contribution is 2.09. The number of rotatable bonds is 5. The Morgan fingerprint density at radius 2 is 2.18 bits per heavy atom. The van der Waals surface area contributed by atoms with Gasteiger partial charge in [-0.1, -0.05) is 12.8 Å². The van der Waals surface area contributed by atoms with Gasteiger partial charge in [-0.3, -0.25) is 9.59 Å². The minimum absolute atomic E-state index is 0.00443. The molecule has 1 saturated heterocycles.